The number of hydrogen-bond acceptors (Lipinski definition) is 2. The zero-order chi connectivity index (χ0) is 14.4. The minimum atomic E-state index is 0.357. The van der Waals surface area contributed by atoms with Gasteiger partial charge in [-0.3, -0.25) is 0 Å². The number of hydrogen-bond donors (Lipinski definition) is 1. The molecule has 1 aromatic carbocycles. The van der Waals surface area contributed by atoms with Gasteiger partial charge in [0, 0.05) is 6.04 Å². The van der Waals surface area contributed by atoms with Crippen LogP contribution in [0.5, 0.6) is 5.75 Å². The summed E-state index contributed by atoms with van der Waals surface area (Å²) in [6.45, 7) is 12.5. The van der Waals surface area contributed by atoms with E-state index in [9.17, 15) is 0 Å². The number of methoxy groups -OCH3 is 1. The molecule has 1 rings (SSSR count). The number of ether oxygens (including phenoxy) is 1. The Balaban J connectivity index is 2.61. The molecule has 0 saturated heterocycles. The summed E-state index contributed by atoms with van der Waals surface area (Å²) < 4.78 is 5.28. The van der Waals surface area contributed by atoms with Crippen LogP contribution in [-0.4, -0.2) is 13.7 Å². The second-order valence-electron chi connectivity index (χ2n) is 6.06. The zero-order valence-corrected chi connectivity index (χ0v) is 13.2. The van der Waals surface area contributed by atoms with E-state index in [1.807, 2.05) is 6.07 Å². The molecule has 2 heteroatoms. The maximum Gasteiger partial charge on any atom is 0.119 e. The van der Waals surface area contributed by atoms with Crippen LogP contribution in [0.4, 0.5) is 0 Å². The number of benzene rings is 1. The average molecular weight is 263 g/mol. The van der Waals surface area contributed by atoms with Gasteiger partial charge in [-0.25, -0.2) is 0 Å². The topological polar surface area (TPSA) is 21.3 Å². The summed E-state index contributed by atoms with van der Waals surface area (Å²) >= 11 is 0. The molecule has 0 amide bonds. The highest BCUT2D eigenvalue weighted by molar-refractivity contribution is 5.30. The Morgan fingerprint density at radius 3 is 2.21 bits per heavy atom. The van der Waals surface area contributed by atoms with Crippen molar-refractivity contribution in [2.45, 2.75) is 40.7 Å². The highest BCUT2D eigenvalue weighted by Crippen LogP contribution is 2.22. The molecule has 108 valence electrons. The maximum atomic E-state index is 5.28. The van der Waals surface area contributed by atoms with Crippen LogP contribution in [-0.2, 0) is 0 Å². The maximum absolute atomic E-state index is 5.28. The van der Waals surface area contributed by atoms with Crippen molar-refractivity contribution in [3.63, 3.8) is 0 Å². The zero-order valence-electron chi connectivity index (χ0n) is 13.2. The SMILES string of the molecule is COc1cccc(C(C)NCC(C(C)C)C(C)C)c1. The summed E-state index contributed by atoms with van der Waals surface area (Å²) in [7, 11) is 1.71. The molecule has 1 aromatic rings. The lowest BCUT2D eigenvalue weighted by atomic mass is 9.85. The molecule has 0 fully saturated rings. The van der Waals surface area contributed by atoms with Crippen LogP contribution in [0.1, 0.15) is 46.2 Å². The van der Waals surface area contributed by atoms with Crippen molar-refractivity contribution in [2.75, 3.05) is 13.7 Å². The van der Waals surface area contributed by atoms with Crippen molar-refractivity contribution < 1.29 is 4.74 Å². The second kappa shape index (κ2) is 7.54. The predicted molar refractivity (Wildman–Crippen MR) is 82.6 cm³/mol. The molecule has 0 radical (unpaired) electrons. The first-order valence-electron chi connectivity index (χ1n) is 7.33. The Morgan fingerprint density at radius 2 is 1.68 bits per heavy atom. The fourth-order valence-corrected chi connectivity index (χ4v) is 2.58. The van der Waals surface area contributed by atoms with Gasteiger partial charge >= 0.3 is 0 Å². The third-order valence-electron chi connectivity index (χ3n) is 3.97. The van der Waals surface area contributed by atoms with Crippen LogP contribution in [0.2, 0.25) is 0 Å². The van der Waals surface area contributed by atoms with Crippen LogP contribution in [0.25, 0.3) is 0 Å². The van der Waals surface area contributed by atoms with Crippen LogP contribution < -0.4 is 10.1 Å². The lowest BCUT2D eigenvalue weighted by Crippen LogP contribution is -2.31. The van der Waals surface area contributed by atoms with E-state index in [1.54, 1.807) is 7.11 Å². The lowest BCUT2D eigenvalue weighted by molar-refractivity contribution is 0.268. The van der Waals surface area contributed by atoms with Gasteiger partial charge in [0.05, 0.1) is 7.11 Å². The summed E-state index contributed by atoms with van der Waals surface area (Å²) in [4.78, 5) is 0. The van der Waals surface area contributed by atoms with E-state index in [2.05, 4.69) is 58.1 Å². The Bertz CT molecular complexity index is 365. The quantitative estimate of drug-likeness (QED) is 0.793. The van der Waals surface area contributed by atoms with Crippen molar-refractivity contribution in [1.82, 2.24) is 5.32 Å². The molecule has 19 heavy (non-hydrogen) atoms. The molecule has 0 saturated carbocycles. The molecule has 0 heterocycles. The first-order chi connectivity index (χ1) is 8.95. The van der Waals surface area contributed by atoms with Crippen LogP contribution >= 0.6 is 0 Å². The Labute approximate surface area is 118 Å². The van der Waals surface area contributed by atoms with Gasteiger partial charge in [0.25, 0.3) is 0 Å². The average Bonchev–Trinajstić information content (AvgIpc) is 2.38. The summed E-state index contributed by atoms with van der Waals surface area (Å²) in [5.41, 5.74) is 1.28. The normalized spacial score (nSPS) is 13.3. The monoisotopic (exact) mass is 263 g/mol. The highest BCUT2D eigenvalue weighted by Gasteiger charge is 2.18. The highest BCUT2D eigenvalue weighted by atomic mass is 16.5. The van der Waals surface area contributed by atoms with Crippen LogP contribution in [0, 0.1) is 17.8 Å². The van der Waals surface area contributed by atoms with Gasteiger partial charge in [-0.2, -0.15) is 0 Å². The largest absolute Gasteiger partial charge is 0.497 e. The van der Waals surface area contributed by atoms with Gasteiger partial charge in [-0.05, 0) is 48.9 Å². The molecule has 0 spiro atoms. The van der Waals surface area contributed by atoms with E-state index in [1.165, 1.54) is 5.56 Å². The third kappa shape index (κ3) is 4.87. The molecule has 0 aliphatic heterocycles. The molecule has 1 N–H and O–H groups in total. The Hall–Kier alpha value is -1.02. The standard InChI is InChI=1S/C17H29NO/c1-12(2)17(13(3)4)11-18-14(5)15-8-7-9-16(10-15)19-6/h7-10,12-14,17-18H,11H2,1-6H3. The molecule has 0 aliphatic carbocycles. The molecule has 0 bridgehead atoms. The number of rotatable bonds is 7. The smallest absolute Gasteiger partial charge is 0.119 e. The second-order valence-corrected chi connectivity index (χ2v) is 6.06. The predicted octanol–water partition coefficient (Wildman–Crippen LogP) is 4.27. The van der Waals surface area contributed by atoms with Gasteiger partial charge in [0.1, 0.15) is 5.75 Å². The first-order valence-corrected chi connectivity index (χ1v) is 7.33. The minimum Gasteiger partial charge on any atom is -0.497 e. The van der Waals surface area contributed by atoms with Gasteiger partial charge in [-0.15, -0.1) is 0 Å². The van der Waals surface area contributed by atoms with E-state index < -0.39 is 0 Å². The Morgan fingerprint density at radius 1 is 1.05 bits per heavy atom. The van der Waals surface area contributed by atoms with E-state index in [4.69, 9.17) is 4.74 Å². The van der Waals surface area contributed by atoms with Gasteiger partial charge in [-0.1, -0.05) is 39.8 Å². The number of nitrogens with one attached hydrogen (secondary N) is 1. The lowest BCUT2D eigenvalue weighted by Gasteiger charge is -2.27. The fraction of sp³-hybridized carbons (Fsp3) is 0.647. The first kappa shape index (κ1) is 16.0. The van der Waals surface area contributed by atoms with E-state index in [0.29, 0.717) is 23.8 Å². The minimum absolute atomic E-state index is 0.357. The molecule has 0 aliphatic rings. The molecule has 0 aromatic heterocycles. The van der Waals surface area contributed by atoms with Crippen molar-refractivity contribution in [3.05, 3.63) is 29.8 Å². The molecular formula is C17H29NO. The third-order valence-corrected chi connectivity index (χ3v) is 3.97. The van der Waals surface area contributed by atoms with Crippen molar-refractivity contribution in [2.24, 2.45) is 17.8 Å². The summed E-state index contributed by atoms with van der Waals surface area (Å²) in [5, 5.41) is 3.66. The summed E-state index contributed by atoms with van der Waals surface area (Å²) in [6, 6.07) is 8.66. The molecule has 1 unspecified atom stereocenters. The summed E-state index contributed by atoms with van der Waals surface area (Å²) in [6.07, 6.45) is 0. The van der Waals surface area contributed by atoms with Crippen molar-refractivity contribution >= 4 is 0 Å². The summed E-state index contributed by atoms with van der Waals surface area (Å²) in [5.74, 6) is 3.07. The molecule has 1 atom stereocenters. The fourth-order valence-electron chi connectivity index (χ4n) is 2.58. The van der Waals surface area contributed by atoms with Crippen LogP contribution in [0.3, 0.4) is 0 Å². The molecule has 2 nitrogen and oxygen atoms in total. The van der Waals surface area contributed by atoms with Crippen molar-refractivity contribution in [1.29, 1.82) is 0 Å². The Kier molecular flexibility index (Phi) is 6.36. The van der Waals surface area contributed by atoms with Crippen LogP contribution in [0.15, 0.2) is 24.3 Å². The van der Waals surface area contributed by atoms with Gasteiger partial charge in [0.15, 0.2) is 0 Å². The van der Waals surface area contributed by atoms with E-state index in [-0.39, 0.29) is 0 Å². The van der Waals surface area contributed by atoms with E-state index >= 15 is 0 Å². The van der Waals surface area contributed by atoms with Gasteiger partial charge in [0.2, 0.25) is 0 Å². The van der Waals surface area contributed by atoms with Crippen molar-refractivity contribution in [3.8, 4) is 5.75 Å². The van der Waals surface area contributed by atoms with E-state index in [0.717, 1.165) is 12.3 Å². The molecular weight excluding hydrogens is 234 g/mol. The van der Waals surface area contributed by atoms with Gasteiger partial charge < -0.3 is 10.1 Å².